The van der Waals surface area contributed by atoms with Crippen LogP contribution in [0, 0.1) is 20.8 Å². The summed E-state index contributed by atoms with van der Waals surface area (Å²) in [4.78, 5) is 27.5. The van der Waals surface area contributed by atoms with E-state index in [2.05, 4.69) is 20.4 Å². The highest BCUT2D eigenvalue weighted by Gasteiger charge is 2.28. The molecule has 4 aromatic rings. The Morgan fingerprint density at radius 2 is 1.82 bits per heavy atom. The van der Waals surface area contributed by atoms with Gasteiger partial charge in [-0.05, 0) is 87.9 Å². The van der Waals surface area contributed by atoms with Crippen LogP contribution in [0.15, 0.2) is 59.7 Å². The summed E-state index contributed by atoms with van der Waals surface area (Å²) in [5.74, 6) is 0.425. The van der Waals surface area contributed by atoms with Crippen molar-refractivity contribution in [3.8, 4) is 10.8 Å². The summed E-state index contributed by atoms with van der Waals surface area (Å²) >= 11 is 1.71. The van der Waals surface area contributed by atoms with Crippen molar-refractivity contribution < 1.29 is 14.3 Å². The number of carbonyl (C=O) groups excluding carboxylic acids is 2. The van der Waals surface area contributed by atoms with Crippen LogP contribution in [0.4, 0.5) is 5.69 Å². The molecule has 8 heteroatoms. The van der Waals surface area contributed by atoms with Crippen molar-refractivity contribution in [2.45, 2.75) is 52.9 Å². The summed E-state index contributed by atoms with van der Waals surface area (Å²) in [5, 5.41) is 8.29. The first-order chi connectivity index (χ1) is 19.3. The summed E-state index contributed by atoms with van der Waals surface area (Å²) in [6.45, 7) is 6.09. The van der Waals surface area contributed by atoms with E-state index in [0.717, 1.165) is 70.0 Å². The maximum atomic E-state index is 13.7. The first-order valence-corrected chi connectivity index (χ1v) is 14.3. The van der Waals surface area contributed by atoms with E-state index in [-0.39, 0.29) is 18.2 Å². The highest BCUT2D eigenvalue weighted by molar-refractivity contribution is 7.15. The number of rotatable bonds is 8. The highest BCUT2D eigenvalue weighted by atomic mass is 32.1. The number of carbonyl (C=O) groups is 2. The molecule has 40 heavy (non-hydrogen) atoms. The van der Waals surface area contributed by atoms with E-state index in [0.29, 0.717) is 5.75 Å². The normalized spacial score (nSPS) is 12.8. The van der Waals surface area contributed by atoms with Gasteiger partial charge < -0.3 is 14.6 Å². The average Bonchev–Trinajstić information content (AvgIpc) is 3.45. The Bertz CT molecular complexity index is 1580. The van der Waals surface area contributed by atoms with E-state index >= 15 is 0 Å². The molecule has 0 radical (unpaired) electrons. The minimum Gasteiger partial charge on any atom is -0.497 e. The first-order valence-electron chi connectivity index (χ1n) is 13.5. The number of amides is 2. The Balaban J connectivity index is 1.39. The minimum absolute atomic E-state index is 0.0780. The van der Waals surface area contributed by atoms with Gasteiger partial charge in [0, 0.05) is 27.5 Å². The number of benzene rings is 2. The monoisotopic (exact) mass is 554 g/mol. The fraction of sp³-hybridized carbons (Fsp3) is 0.281. The predicted octanol–water partition coefficient (Wildman–Crippen LogP) is 6.30. The molecule has 1 aliphatic carbocycles. The van der Waals surface area contributed by atoms with E-state index in [4.69, 9.17) is 4.74 Å². The fourth-order valence-corrected chi connectivity index (χ4v) is 6.68. The minimum atomic E-state index is -0.209. The Hall–Kier alpha value is -4.17. The van der Waals surface area contributed by atoms with Gasteiger partial charge in [-0.2, -0.15) is 5.10 Å². The molecule has 0 fully saturated rings. The SMILES string of the molecule is COc1cccc(CC(=O)N/N=C/c2cc(C)n(-c3sc4c(c3C(=O)Nc3ccc(C)cc3)CCCC4)c2C)c1. The number of ether oxygens (including phenoxy) is 1. The first kappa shape index (κ1) is 27.4. The maximum Gasteiger partial charge on any atom is 0.258 e. The van der Waals surface area contributed by atoms with E-state index in [1.165, 1.54) is 10.4 Å². The molecule has 206 valence electrons. The van der Waals surface area contributed by atoms with Crippen LogP contribution in [0.5, 0.6) is 5.75 Å². The Morgan fingerprint density at radius 3 is 2.60 bits per heavy atom. The van der Waals surface area contributed by atoms with Gasteiger partial charge >= 0.3 is 0 Å². The summed E-state index contributed by atoms with van der Waals surface area (Å²) < 4.78 is 7.38. The van der Waals surface area contributed by atoms with Crippen LogP contribution in [0.3, 0.4) is 0 Å². The third-order valence-electron chi connectivity index (χ3n) is 7.25. The number of fused-ring (bicyclic) bond motifs is 1. The maximum absolute atomic E-state index is 13.7. The molecule has 0 spiro atoms. The van der Waals surface area contributed by atoms with Gasteiger partial charge in [0.1, 0.15) is 10.8 Å². The second-order valence-corrected chi connectivity index (χ2v) is 11.3. The van der Waals surface area contributed by atoms with Crippen molar-refractivity contribution in [3.63, 3.8) is 0 Å². The molecular formula is C32H34N4O3S. The lowest BCUT2D eigenvalue weighted by Crippen LogP contribution is -2.19. The number of nitrogens with one attached hydrogen (secondary N) is 2. The lowest BCUT2D eigenvalue weighted by molar-refractivity contribution is -0.120. The number of hydrogen-bond donors (Lipinski definition) is 2. The number of hydrogen-bond acceptors (Lipinski definition) is 5. The quantitative estimate of drug-likeness (QED) is 0.198. The molecule has 2 aromatic carbocycles. The largest absolute Gasteiger partial charge is 0.497 e. The van der Waals surface area contributed by atoms with Crippen LogP contribution in [-0.4, -0.2) is 29.7 Å². The third kappa shape index (κ3) is 5.87. The van der Waals surface area contributed by atoms with Gasteiger partial charge in [0.25, 0.3) is 5.91 Å². The van der Waals surface area contributed by atoms with Crippen molar-refractivity contribution >= 4 is 35.1 Å². The highest BCUT2D eigenvalue weighted by Crippen LogP contribution is 2.39. The van der Waals surface area contributed by atoms with Crippen LogP contribution in [0.25, 0.3) is 5.00 Å². The van der Waals surface area contributed by atoms with Gasteiger partial charge in [-0.15, -0.1) is 11.3 Å². The molecule has 7 nitrogen and oxygen atoms in total. The molecule has 0 aliphatic heterocycles. The topological polar surface area (TPSA) is 84.7 Å². The molecule has 0 saturated carbocycles. The van der Waals surface area contributed by atoms with Crippen molar-refractivity contribution in [3.05, 3.63) is 98.7 Å². The third-order valence-corrected chi connectivity index (χ3v) is 8.53. The predicted molar refractivity (Wildman–Crippen MR) is 161 cm³/mol. The fourth-order valence-electron chi connectivity index (χ4n) is 5.19. The summed E-state index contributed by atoms with van der Waals surface area (Å²) in [6, 6.07) is 17.3. The van der Waals surface area contributed by atoms with Crippen molar-refractivity contribution in [2.75, 3.05) is 12.4 Å². The number of nitrogens with zero attached hydrogens (tertiary/aromatic N) is 2. The molecule has 2 heterocycles. The van der Waals surface area contributed by atoms with Gasteiger partial charge in [0.05, 0.1) is 25.3 Å². The van der Waals surface area contributed by atoms with Crippen LogP contribution in [0.1, 0.15) is 61.7 Å². The van der Waals surface area contributed by atoms with Gasteiger partial charge in [-0.1, -0.05) is 29.8 Å². The average molecular weight is 555 g/mol. The van der Waals surface area contributed by atoms with Gasteiger partial charge in [0.15, 0.2) is 0 Å². The number of hydrazone groups is 1. The molecular weight excluding hydrogens is 520 g/mol. The second kappa shape index (κ2) is 11.9. The van der Waals surface area contributed by atoms with Crippen LogP contribution in [0.2, 0.25) is 0 Å². The van der Waals surface area contributed by atoms with Crippen LogP contribution in [-0.2, 0) is 24.1 Å². The van der Waals surface area contributed by atoms with E-state index in [1.54, 1.807) is 24.7 Å². The van der Waals surface area contributed by atoms with Crippen molar-refractivity contribution in [1.82, 2.24) is 9.99 Å². The molecule has 5 rings (SSSR count). The van der Waals surface area contributed by atoms with E-state index in [9.17, 15) is 9.59 Å². The standard InChI is InChI=1S/C32H34N4O3S/c1-20-12-14-25(15-13-20)34-31(38)30-27-10-5-6-11-28(27)40-32(30)36-21(2)16-24(22(36)3)19-33-35-29(37)18-23-8-7-9-26(17-23)39-4/h7-9,12-17,19H,5-6,10-11,18H2,1-4H3,(H,34,38)(H,35,37)/b33-19+. The van der Waals surface area contributed by atoms with Gasteiger partial charge in [0.2, 0.25) is 5.91 Å². The van der Waals surface area contributed by atoms with Crippen molar-refractivity contribution in [2.24, 2.45) is 5.10 Å². The number of thiophene rings is 1. The van der Waals surface area contributed by atoms with E-state index in [1.807, 2.05) is 75.4 Å². The lowest BCUT2D eigenvalue weighted by atomic mass is 9.95. The number of aryl methyl sites for hydroxylation is 3. The summed E-state index contributed by atoms with van der Waals surface area (Å²) in [7, 11) is 1.60. The molecule has 0 saturated heterocycles. The zero-order valence-corrected chi connectivity index (χ0v) is 24.2. The summed E-state index contributed by atoms with van der Waals surface area (Å²) in [6.07, 6.45) is 6.01. The molecule has 0 unspecified atom stereocenters. The number of anilines is 1. The van der Waals surface area contributed by atoms with Crippen LogP contribution < -0.4 is 15.5 Å². The Morgan fingerprint density at radius 1 is 1.05 bits per heavy atom. The number of methoxy groups -OCH3 is 1. The van der Waals surface area contributed by atoms with Crippen LogP contribution >= 0.6 is 11.3 Å². The molecule has 2 N–H and O–H groups in total. The van der Waals surface area contributed by atoms with Gasteiger partial charge in [-0.25, -0.2) is 5.43 Å². The smallest absolute Gasteiger partial charge is 0.258 e. The molecule has 1 aliphatic rings. The molecule has 2 aromatic heterocycles. The van der Waals surface area contributed by atoms with Crippen molar-refractivity contribution in [1.29, 1.82) is 0 Å². The van der Waals surface area contributed by atoms with Gasteiger partial charge in [-0.3, -0.25) is 9.59 Å². The Kier molecular flexibility index (Phi) is 8.16. The number of aromatic nitrogens is 1. The molecule has 0 bridgehead atoms. The zero-order valence-electron chi connectivity index (χ0n) is 23.3. The molecule has 2 amide bonds. The zero-order chi connectivity index (χ0) is 28.2. The van der Waals surface area contributed by atoms with E-state index < -0.39 is 0 Å². The second-order valence-electron chi connectivity index (χ2n) is 10.2. The Labute approximate surface area is 238 Å². The lowest BCUT2D eigenvalue weighted by Gasteiger charge is -2.14. The summed E-state index contributed by atoms with van der Waals surface area (Å²) in [5.41, 5.74) is 10.2. The molecule has 0 atom stereocenters.